The molecule has 4 heteroatoms. The molecule has 84 valence electrons. The largest absolute Gasteiger partial charge is 0.496 e. The van der Waals surface area contributed by atoms with Crippen LogP contribution in [-0.4, -0.2) is 12.1 Å². The van der Waals surface area contributed by atoms with Gasteiger partial charge in [0.2, 0.25) is 0 Å². The lowest BCUT2D eigenvalue weighted by molar-refractivity contribution is 0.407. The Morgan fingerprint density at radius 1 is 1.31 bits per heavy atom. The molecule has 0 saturated heterocycles. The molecule has 0 radical (unpaired) electrons. The fraction of sp³-hybridized carbons (Fsp3) is 0.250. The normalized spacial score (nSPS) is 10.3. The van der Waals surface area contributed by atoms with Gasteiger partial charge in [-0.3, -0.25) is 0 Å². The zero-order chi connectivity index (χ0) is 11.2. The second-order valence-corrected chi connectivity index (χ2v) is 4.32. The molecule has 16 heavy (non-hydrogen) atoms. The SMILES string of the molecule is COc1ccccc1CNCc1nccs1. The van der Waals surface area contributed by atoms with E-state index < -0.39 is 0 Å². The zero-order valence-electron chi connectivity index (χ0n) is 9.14. The van der Waals surface area contributed by atoms with Gasteiger partial charge in [0, 0.05) is 30.2 Å². The van der Waals surface area contributed by atoms with Crippen LogP contribution in [0.15, 0.2) is 35.8 Å². The number of rotatable bonds is 5. The first kappa shape index (κ1) is 11.1. The van der Waals surface area contributed by atoms with E-state index in [1.54, 1.807) is 18.4 Å². The van der Waals surface area contributed by atoms with Crippen LogP contribution in [0.3, 0.4) is 0 Å². The molecule has 0 fully saturated rings. The van der Waals surface area contributed by atoms with Crippen LogP contribution in [0, 0.1) is 0 Å². The van der Waals surface area contributed by atoms with Crippen LogP contribution in [-0.2, 0) is 13.1 Å². The fourth-order valence-electron chi connectivity index (χ4n) is 1.49. The number of para-hydroxylation sites is 1. The number of hydrogen-bond donors (Lipinski definition) is 1. The predicted octanol–water partition coefficient (Wildman–Crippen LogP) is 2.44. The van der Waals surface area contributed by atoms with E-state index in [0.29, 0.717) is 0 Å². The van der Waals surface area contributed by atoms with Crippen molar-refractivity contribution in [1.29, 1.82) is 0 Å². The Bertz CT molecular complexity index is 428. The van der Waals surface area contributed by atoms with Crippen LogP contribution in [0.4, 0.5) is 0 Å². The Morgan fingerprint density at radius 2 is 2.19 bits per heavy atom. The van der Waals surface area contributed by atoms with E-state index in [1.807, 2.05) is 29.8 Å². The van der Waals surface area contributed by atoms with Gasteiger partial charge >= 0.3 is 0 Å². The monoisotopic (exact) mass is 234 g/mol. The van der Waals surface area contributed by atoms with Gasteiger partial charge in [-0.15, -0.1) is 11.3 Å². The van der Waals surface area contributed by atoms with E-state index in [9.17, 15) is 0 Å². The van der Waals surface area contributed by atoms with Crippen molar-refractivity contribution >= 4 is 11.3 Å². The zero-order valence-corrected chi connectivity index (χ0v) is 9.96. The minimum absolute atomic E-state index is 0.795. The number of aromatic nitrogens is 1. The average Bonchev–Trinajstić information content (AvgIpc) is 2.83. The predicted molar refractivity (Wildman–Crippen MR) is 65.7 cm³/mol. The molecule has 0 saturated carbocycles. The Balaban J connectivity index is 1.89. The molecule has 1 aromatic carbocycles. The van der Waals surface area contributed by atoms with Crippen molar-refractivity contribution in [2.45, 2.75) is 13.1 Å². The number of nitrogens with zero attached hydrogens (tertiary/aromatic N) is 1. The Hall–Kier alpha value is -1.39. The molecular formula is C12H14N2OS. The van der Waals surface area contributed by atoms with E-state index in [2.05, 4.69) is 16.4 Å². The standard InChI is InChI=1S/C12H14N2OS/c1-15-11-5-3-2-4-10(11)8-13-9-12-14-6-7-16-12/h2-7,13H,8-9H2,1H3. The van der Waals surface area contributed by atoms with Gasteiger partial charge in [-0.1, -0.05) is 18.2 Å². The van der Waals surface area contributed by atoms with Crippen molar-refractivity contribution in [3.05, 3.63) is 46.4 Å². The highest BCUT2D eigenvalue weighted by molar-refractivity contribution is 7.09. The number of thiazole rings is 1. The first-order valence-corrected chi connectivity index (χ1v) is 5.99. The summed E-state index contributed by atoms with van der Waals surface area (Å²) in [6.07, 6.45) is 1.82. The van der Waals surface area contributed by atoms with Crippen LogP contribution < -0.4 is 10.1 Å². The number of nitrogens with one attached hydrogen (secondary N) is 1. The molecule has 1 N–H and O–H groups in total. The third kappa shape index (κ3) is 2.81. The van der Waals surface area contributed by atoms with Crippen LogP contribution >= 0.6 is 11.3 Å². The van der Waals surface area contributed by atoms with E-state index in [4.69, 9.17) is 4.74 Å². The molecule has 1 aromatic heterocycles. The fourth-order valence-corrected chi connectivity index (χ4v) is 2.08. The van der Waals surface area contributed by atoms with Gasteiger partial charge in [-0.2, -0.15) is 0 Å². The second-order valence-electron chi connectivity index (χ2n) is 3.34. The van der Waals surface area contributed by atoms with Crippen molar-refractivity contribution < 1.29 is 4.74 Å². The quantitative estimate of drug-likeness (QED) is 0.862. The van der Waals surface area contributed by atoms with Crippen LogP contribution in [0.1, 0.15) is 10.6 Å². The third-order valence-electron chi connectivity index (χ3n) is 2.27. The third-order valence-corrected chi connectivity index (χ3v) is 3.05. The lowest BCUT2D eigenvalue weighted by atomic mass is 10.2. The molecule has 0 spiro atoms. The molecule has 0 aliphatic heterocycles. The number of methoxy groups -OCH3 is 1. The Kier molecular flexibility index (Phi) is 3.91. The van der Waals surface area contributed by atoms with Gasteiger partial charge in [0.25, 0.3) is 0 Å². The minimum atomic E-state index is 0.795. The van der Waals surface area contributed by atoms with Gasteiger partial charge in [0.15, 0.2) is 0 Å². The van der Waals surface area contributed by atoms with Gasteiger partial charge in [-0.05, 0) is 6.07 Å². The summed E-state index contributed by atoms with van der Waals surface area (Å²) in [5.74, 6) is 0.925. The van der Waals surface area contributed by atoms with E-state index in [-0.39, 0.29) is 0 Å². The summed E-state index contributed by atoms with van der Waals surface area (Å²) in [5, 5.41) is 6.44. The van der Waals surface area contributed by atoms with Crippen LogP contribution in [0.25, 0.3) is 0 Å². The molecule has 2 aromatic rings. The van der Waals surface area contributed by atoms with Crippen molar-refractivity contribution in [2.24, 2.45) is 0 Å². The highest BCUT2D eigenvalue weighted by Crippen LogP contribution is 2.16. The number of hydrogen-bond acceptors (Lipinski definition) is 4. The molecule has 0 unspecified atom stereocenters. The minimum Gasteiger partial charge on any atom is -0.496 e. The molecule has 0 aliphatic carbocycles. The molecule has 3 nitrogen and oxygen atoms in total. The molecule has 0 atom stereocenters. The average molecular weight is 234 g/mol. The molecular weight excluding hydrogens is 220 g/mol. The van der Waals surface area contributed by atoms with E-state index >= 15 is 0 Å². The van der Waals surface area contributed by atoms with E-state index in [1.165, 1.54) is 5.56 Å². The summed E-state index contributed by atoms with van der Waals surface area (Å²) in [7, 11) is 1.69. The first-order valence-electron chi connectivity index (χ1n) is 5.11. The van der Waals surface area contributed by atoms with Gasteiger partial charge < -0.3 is 10.1 Å². The van der Waals surface area contributed by atoms with Crippen molar-refractivity contribution in [2.75, 3.05) is 7.11 Å². The van der Waals surface area contributed by atoms with Crippen LogP contribution in [0.2, 0.25) is 0 Å². The maximum Gasteiger partial charge on any atom is 0.123 e. The maximum absolute atomic E-state index is 5.28. The Morgan fingerprint density at radius 3 is 2.94 bits per heavy atom. The molecule has 2 rings (SSSR count). The van der Waals surface area contributed by atoms with E-state index in [0.717, 1.165) is 23.8 Å². The van der Waals surface area contributed by atoms with Crippen molar-refractivity contribution in [3.63, 3.8) is 0 Å². The molecule has 0 aliphatic rings. The summed E-state index contributed by atoms with van der Waals surface area (Å²) >= 11 is 1.66. The number of benzene rings is 1. The summed E-state index contributed by atoms with van der Waals surface area (Å²) in [6.45, 7) is 1.60. The summed E-state index contributed by atoms with van der Waals surface area (Å²) in [5.41, 5.74) is 1.17. The first-order chi connectivity index (χ1) is 7.90. The van der Waals surface area contributed by atoms with Gasteiger partial charge in [0.05, 0.1) is 7.11 Å². The highest BCUT2D eigenvalue weighted by atomic mass is 32.1. The molecule has 1 heterocycles. The lowest BCUT2D eigenvalue weighted by Crippen LogP contribution is -2.13. The topological polar surface area (TPSA) is 34.1 Å². The van der Waals surface area contributed by atoms with Gasteiger partial charge in [0.1, 0.15) is 10.8 Å². The number of ether oxygens (including phenoxy) is 1. The van der Waals surface area contributed by atoms with Crippen molar-refractivity contribution in [1.82, 2.24) is 10.3 Å². The summed E-state index contributed by atoms with van der Waals surface area (Å²) in [6, 6.07) is 8.03. The van der Waals surface area contributed by atoms with Crippen LogP contribution in [0.5, 0.6) is 5.75 Å². The molecule has 0 amide bonds. The summed E-state index contributed by atoms with van der Waals surface area (Å²) < 4.78 is 5.28. The van der Waals surface area contributed by atoms with Gasteiger partial charge in [-0.25, -0.2) is 4.98 Å². The summed E-state index contributed by atoms with van der Waals surface area (Å²) in [4.78, 5) is 4.21. The van der Waals surface area contributed by atoms with Crippen molar-refractivity contribution in [3.8, 4) is 5.75 Å². The smallest absolute Gasteiger partial charge is 0.123 e. The maximum atomic E-state index is 5.28. The second kappa shape index (κ2) is 5.63. The Labute approximate surface area is 99.1 Å². The molecule has 0 bridgehead atoms. The lowest BCUT2D eigenvalue weighted by Gasteiger charge is -2.08. The highest BCUT2D eigenvalue weighted by Gasteiger charge is 2.01.